The lowest BCUT2D eigenvalue weighted by atomic mass is 10.1. The second kappa shape index (κ2) is 6.59. The molecule has 126 valence electrons. The molecular weight excluding hydrogens is 308 g/mol. The number of fused-ring (bicyclic) bond motifs is 1. The topological polar surface area (TPSA) is 82.4 Å². The molecule has 0 fully saturated rings. The van der Waals surface area contributed by atoms with Gasteiger partial charge in [-0.1, -0.05) is 49.7 Å². The van der Waals surface area contributed by atoms with Gasteiger partial charge < -0.3 is 14.9 Å². The van der Waals surface area contributed by atoms with Crippen LogP contribution in [0.2, 0.25) is 0 Å². The van der Waals surface area contributed by atoms with Crippen molar-refractivity contribution in [3.63, 3.8) is 0 Å². The molecule has 0 aromatic heterocycles. The Morgan fingerprint density at radius 1 is 1.17 bits per heavy atom. The standard InChI is InChI=1S/C18H20N2O4/c1-2-6-16-18(22,23)17(21)20(19-16)11-12-24-15-10-5-8-13-7-3-4-9-14(13)15/h3-5,7-10,22-23H,2,6,11-12H2,1H3. The Labute approximate surface area is 140 Å². The van der Waals surface area contributed by atoms with Gasteiger partial charge in [-0.15, -0.1) is 0 Å². The second-order valence-electron chi connectivity index (χ2n) is 5.72. The Hall–Kier alpha value is -2.44. The van der Waals surface area contributed by atoms with Gasteiger partial charge in [-0.25, -0.2) is 5.01 Å². The van der Waals surface area contributed by atoms with Gasteiger partial charge in [0, 0.05) is 5.39 Å². The van der Waals surface area contributed by atoms with E-state index in [0.29, 0.717) is 12.8 Å². The number of carbonyl (C=O) groups excluding carboxylic acids is 1. The Morgan fingerprint density at radius 2 is 1.92 bits per heavy atom. The lowest BCUT2D eigenvalue weighted by Gasteiger charge is -2.17. The number of nitrogens with zero attached hydrogens (tertiary/aromatic N) is 2. The normalized spacial score (nSPS) is 16.5. The first-order valence-electron chi connectivity index (χ1n) is 7.99. The number of aliphatic hydroxyl groups is 2. The summed E-state index contributed by atoms with van der Waals surface area (Å²) >= 11 is 0. The molecular formula is C18H20N2O4. The van der Waals surface area contributed by atoms with Crippen molar-refractivity contribution in [1.29, 1.82) is 0 Å². The minimum atomic E-state index is -2.49. The first kappa shape index (κ1) is 16.4. The Balaban J connectivity index is 1.67. The Bertz CT molecular complexity index is 780. The summed E-state index contributed by atoms with van der Waals surface area (Å²) in [6, 6.07) is 13.6. The first-order chi connectivity index (χ1) is 11.5. The minimum absolute atomic E-state index is 0.0835. The third-order valence-electron chi connectivity index (χ3n) is 3.97. The average Bonchev–Trinajstić information content (AvgIpc) is 2.79. The molecule has 3 rings (SSSR count). The summed E-state index contributed by atoms with van der Waals surface area (Å²) in [5.74, 6) is -2.60. The van der Waals surface area contributed by atoms with Crippen LogP contribution in [0.4, 0.5) is 0 Å². The van der Waals surface area contributed by atoms with E-state index in [9.17, 15) is 15.0 Å². The molecule has 0 spiro atoms. The first-order valence-corrected chi connectivity index (χ1v) is 7.99. The molecule has 24 heavy (non-hydrogen) atoms. The van der Waals surface area contributed by atoms with Crippen LogP contribution >= 0.6 is 0 Å². The van der Waals surface area contributed by atoms with Gasteiger partial charge in [0.1, 0.15) is 18.1 Å². The molecule has 0 radical (unpaired) electrons. The number of amides is 1. The molecule has 1 heterocycles. The maximum absolute atomic E-state index is 12.0. The summed E-state index contributed by atoms with van der Waals surface area (Å²) in [7, 11) is 0. The lowest BCUT2D eigenvalue weighted by Crippen LogP contribution is -2.46. The molecule has 2 N–H and O–H groups in total. The molecule has 6 heteroatoms. The summed E-state index contributed by atoms with van der Waals surface area (Å²) in [5, 5.41) is 26.9. The highest BCUT2D eigenvalue weighted by atomic mass is 16.5. The van der Waals surface area contributed by atoms with Crippen molar-refractivity contribution >= 4 is 22.4 Å². The van der Waals surface area contributed by atoms with Crippen molar-refractivity contribution in [2.24, 2.45) is 5.10 Å². The van der Waals surface area contributed by atoms with Crippen LogP contribution in [0.15, 0.2) is 47.6 Å². The summed E-state index contributed by atoms with van der Waals surface area (Å²) in [6.45, 7) is 2.24. The van der Waals surface area contributed by atoms with Crippen molar-refractivity contribution in [2.45, 2.75) is 25.6 Å². The van der Waals surface area contributed by atoms with E-state index in [2.05, 4.69) is 5.10 Å². The van der Waals surface area contributed by atoms with Crippen molar-refractivity contribution < 1.29 is 19.7 Å². The van der Waals surface area contributed by atoms with Crippen LogP contribution in [0.3, 0.4) is 0 Å². The minimum Gasteiger partial charge on any atom is -0.491 e. The number of hydrogen-bond donors (Lipinski definition) is 2. The molecule has 1 aliphatic heterocycles. The predicted molar refractivity (Wildman–Crippen MR) is 90.7 cm³/mol. The third kappa shape index (κ3) is 2.98. The highest BCUT2D eigenvalue weighted by Gasteiger charge is 2.47. The SMILES string of the molecule is CCCC1=NN(CCOc2cccc3ccccc23)C(=O)C1(O)O. The van der Waals surface area contributed by atoms with Gasteiger partial charge in [0.25, 0.3) is 5.79 Å². The molecule has 6 nitrogen and oxygen atoms in total. The van der Waals surface area contributed by atoms with Crippen molar-refractivity contribution in [3.8, 4) is 5.75 Å². The van der Waals surface area contributed by atoms with E-state index in [0.717, 1.165) is 21.5 Å². The van der Waals surface area contributed by atoms with Gasteiger partial charge >= 0.3 is 5.91 Å². The van der Waals surface area contributed by atoms with Crippen molar-refractivity contribution in [1.82, 2.24) is 5.01 Å². The van der Waals surface area contributed by atoms with Gasteiger partial charge in [-0.2, -0.15) is 5.10 Å². The van der Waals surface area contributed by atoms with E-state index in [-0.39, 0.29) is 18.9 Å². The van der Waals surface area contributed by atoms with Gasteiger partial charge in [0.2, 0.25) is 0 Å². The summed E-state index contributed by atoms with van der Waals surface area (Å²) in [5.41, 5.74) is 0.0835. The molecule has 0 saturated heterocycles. The zero-order chi connectivity index (χ0) is 17.2. The van der Waals surface area contributed by atoms with Crippen molar-refractivity contribution in [2.75, 3.05) is 13.2 Å². The molecule has 0 atom stereocenters. The predicted octanol–water partition coefficient (Wildman–Crippen LogP) is 1.90. The van der Waals surface area contributed by atoms with E-state index in [4.69, 9.17) is 4.74 Å². The molecule has 0 bridgehead atoms. The van der Waals surface area contributed by atoms with E-state index in [1.165, 1.54) is 0 Å². The fraction of sp³-hybridized carbons (Fsp3) is 0.333. The molecule has 2 aromatic rings. The van der Waals surface area contributed by atoms with Gasteiger partial charge in [-0.05, 0) is 17.9 Å². The maximum Gasteiger partial charge on any atom is 0.309 e. The number of hydrazone groups is 1. The lowest BCUT2D eigenvalue weighted by molar-refractivity contribution is -0.168. The fourth-order valence-electron chi connectivity index (χ4n) is 2.74. The number of benzene rings is 2. The van der Waals surface area contributed by atoms with Crippen LogP contribution in [0.1, 0.15) is 19.8 Å². The number of rotatable bonds is 6. The van der Waals surface area contributed by atoms with E-state index in [1.54, 1.807) is 0 Å². The van der Waals surface area contributed by atoms with Gasteiger partial charge in [0.15, 0.2) is 0 Å². The highest BCUT2D eigenvalue weighted by molar-refractivity contribution is 6.13. The molecule has 1 aliphatic rings. The Kier molecular flexibility index (Phi) is 4.51. The van der Waals surface area contributed by atoms with Crippen LogP contribution in [0, 0.1) is 0 Å². The number of ether oxygens (including phenoxy) is 1. The van der Waals surface area contributed by atoms with Crippen LogP contribution in [0.5, 0.6) is 5.75 Å². The largest absolute Gasteiger partial charge is 0.491 e. The summed E-state index contributed by atoms with van der Waals surface area (Å²) in [6.07, 6.45) is 1.04. The smallest absolute Gasteiger partial charge is 0.309 e. The molecule has 0 saturated carbocycles. The fourth-order valence-corrected chi connectivity index (χ4v) is 2.74. The van der Waals surface area contributed by atoms with Gasteiger partial charge in [0.05, 0.1) is 6.54 Å². The zero-order valence-corrected chi connectivity index (χ0v) is 13.5. The maximum atomic E-state index is 12.0. The Morgan fingerprint density at radius 3 is 2.71 bits per heavy atom. The van der Waals surface area contributed by atoms with E-state index >= 15 is 0 Å². The molecule has 1 amide bonds. The van der Waals surface area contributed by atoms with E-state index in [1.807, 2.05) is 49.4 Å². The zero-order valence-electron chi connectivity index (χ0n) is 13.5. The van der Waals surface area contributed by atoms with Crippen molar-refractivity contribution in [3.05, 3.63) is 42.5 Å². The monoisotopic (exact) mass is 328 g/mol. The van der Waals surface area contributed by atoms with Crippen LogP contribution in [0.25, 0.3) is 10.8 Å². The highest BCUT2D eigenvalue weighted by Crippen LogP contribution is 2.25. The van der Waals surface area contributed by atoms with Crippen LogP contribution in [-0.4, -0.2) is 45.8 Å². The quantitative estimate of drug-likeness (QED) is 0.794. The number of carbonyl (C=O) groups is 1. The molecule has 2 aromatic carbocycles. The molecule has 0 unspecified atom stereocenters. The summed E-state index contributed by atoms with van der Waals surface area (Å²) < 4.78 is 5.77. The second-order valence-corrected chi connectivity index (χ2v) is 5.72. The average molecular weight is 328 g/mol. The van der Waals surface area contributed by atoms with Gasteiger partial charge in [-0.3, -0.25) is 4.79 Å². The van der Waals surface area contributed by atoms with Crippen LogP contribution in [-0.2, 0) is 4.79 Å². The third-order valence-corrected chi connectivity index (χ3v) is 3.97. The van der Waals surface area contributed by atoms with E-state index < -0.39 is 11.7 Å². The number of hydrogen-bond acceptors (Lipinski definition) is 5. The molecule has 0 aliphatic carbocycles. The summed E-state index contributed by atoms with van der Waals surface area (Å²) in [4.78, 5) is 12.0. The van der Waals surface area contributed by atoms with Crippen LogP contribution < -0.4 is 4.74 Å².